The fourth-order valence-electron chi connectivity index (χ4n) is 2.57. The maximum Gasteiger partial charge on any atom is 0.350 e. The number of carbonyl (C=O) groups is 2. The van der Waals surface area contributed by atoms with E-state index in [0.717, 1.165) is 0 Å². The summed E-state index contributed by atoms with van der Waals surface area (Å²) in [5, 5.41) is 13.7. The molecule has 1 saturated heterocycles. The topological polar surface area (TPSA) is 84.9 Å². The number of hydrogen-bond donors (Lipinski definition) is 2. The van der Waals surface area contributed by atoms with Gasteiger partial charge in [0, 0.05) is 31.3 Å². The molecule has 0 amide bonds. The predicted molar refractivity (Wildman–Crippen MR) is 88.9 cm³/mol. The fraction of sp³-hybridized carbons (Fsp3) is 0.444. The molecule has 1 heterocycles. The molecular weight excluding hydrogens is 310 g/mol. The number of carbonyl (C=O) groups excluding carboxylic acids is 2. The maximum atomic E-state index is 12.0. The van der Waals surface area contributed by atoms with Crippen molar-refractivity contribution in [3.63, 3.8) is 0 Å². The maximum absolute atomic E-state index is 12.0. The summed E-state index contributed by atoms with van der Waals surface area (Å²) in [7, 11) is 0. The van der Waals surface area contributed by atoms with E-state index >= 15 is 0 Å². The number of anilines is 1. The van der Waals surface area contributed by atoms with E-state index in [2.05, 4.69) is 5.32 Å². The average molecular weight is 333 g/mol. The van der Waals surface area contributed by atoms with Crippen LogP contribution in [-0.2, 0) is 24.7 Å². The van der Waals surface area contributed by atoms with Crippen LogP contribution in [0.4, 0.5) is 5.69 Å². The molecule has 6 heteroatoms. The van der Waals surface area contributed by atoms with Gasteiger partial charge in [-0.05, 0) is 18.9 Å². The number of benzene rings is 1. The number of nitrogens with one attached hydrogen (secondary N) is 1. The minimum atomic E-state index is -1.27. The SMILES string of the molecule is CCC(O)(CC)c1ccccc1NC=C1C(=O)OC(C)(C)OC1=O. The summed E-state index contributed by atoms with van der Waals surface area (Å²) < 4.78 is 10.1. The summed E-state index contributed by atoms with van der Waals surface area (Å²) in [6.07, 6.45) is 2.33. The van der Waals surface area contributed by atoms with Crippen molar-refractivity contribution < 1.29 is 24.2 Å². The summed E-state index contributed by atoms with van der Waals surface area (Å²) in [5.41, 5.74) is 0.101. The van der Waals surface area contributed by atoms with Crippen LogP contribution < -0.4 is 5.32 Å². The van der Waals surface area contributed by atoms with E-state index in [4.69, 9.17) is 9.47 Å². The van der Waals surface area contributed by atoms with Gasteiger partial charge in [-0.15, -0.1) is 0 Å². The lowest BCUT2D eigenvalue weighted by molar-refractivity contribution is -0.222. The van der Waals surface area contributed by atoms with Crippen molar-refractivity contribution in [2.45, 2.75) is 51.9 Å². The molecule has 130 valence electrons. The van der Waals surface area contributed by atoms with Crippen molar-refractivity contribution in [1.82, 2.24) is 0 Å². The highest BCUT2D eigenvalue weighted by atomic mass is 16.7. The van der Waals surface area contributed by atoms with E-state index in [1.807, 2.05) is 26.0 Å². The van der Waals surface area contributed by atoms with Gasteiger partial charge in [0.1, 0.15) is 0 Å². The Morgan fingerprint density at radius 3 is 2.21 bits per heavy atom. The third-order valence-electron chi connectivity index (χ3n) is 4.09. The van der Waals surface area contributed by atoms with E-state index in [1.165, 1.54) is 20.0 Å². The molecule has 1 fully saturated rings. The standard InChI is InChI=1S/C18H23NO5/c1-5-18(22,6-2)13-9-7-8-10-14(13)19-11-12-15(20)23-17(3,4)24-16(12)21/h7-11,19,22H,5-6H2,1-4H3. The first kappa shape index (κ1) is 18.0. The molecule has 0 atom stereocenters. The molecule has 2 N–H and O–H groups in total. The molecule has 1 aromatic carbocycles. The summed E-state index contributed by atoms with van der Waals surface area (Å²) >= 11 is 0. The highest BCUT2D eigenvalue weighted by Crippen LogP contribution is 2.34. The monoisotopic (exact) mass is 333 g/mol. The summed E-state index contributed by atoms with van der Waals surface area (Å²) in [6.45, 7) is 6.78. The van der Waals surface area contributed by atoms with E-state index in [9.17, 15) is 14.7 Å². The highest BCUT2D eigenvalue weighted by molar-refractivity contribution is 6.15. The van der Waals surface area contributed by atoms with Crippen LogP contribution in [0.3, 0.4) is 0 Å². The van der Waals surface area contributed by atoms with Crippen molar-refractivity contribution >= 4 is 17.6 Å². The molecule has 24 heavy (non-hydrogen) atoms. The van der Waals surface area contributed by atoms with Crippen LogP contribution >= 0.6 is 0 Å². The predicted octanol–water partition coefficient (Wildman–Crippen LogP) is 2.83. The zero-order chi connectivity index (χ0) is 18.0. The fourth-order valence-corrected chi connectivity index (χ4v) is 2.57. The Labute approximate surface area is 141 Å². The number of ether oxygens (including phenoxy) is 2. The molecule has 0 saturated carbocycles. The van der Waals surface area contributed by atoms with E-state index in [-0.39, 0.29) is 5.57 Å². The minimum absolute atomic E-state index is 0.222. The Morgan fingerprint density at radius 1 is 1.12 bits per heavy atom. The first-order chi connectivity index (χ1) is 11.2. The van der Waals surface area contributed by atoms with E-state index in [1.54, 1.807) is 12.1 Å². The second kappa shape index (κ2) is 6.65. The third-order valence-corrected chi connectivity index (χ3v) is 4.09. The Kier molecular flexibility index (Phi) is 4.99. The van der Waals surface area contributed by atoms with Crippen LogP contribution in [0.2, 0.25) is 0 Å². The van der Waals surface area contributed by atoms with Gasteiger partial charge < -0.3 is 19.9 Å². The molecule has 1 aromatic rings. The number of cyclic esters (lactones) is 2. The quantitative estimate of drug-likeness (QED) is 0.490. The summed E-state index contributed by atoms with van der Waals surface area (Å²) in [5.74, 6) is -2.77. The van der Waals surface area contributed by atoms with Gasteiger partial charge in [0.15, 0.2) is 5.57 Å². The minimum Gasteiger partial charge on any atom is -0.419 e. The third kappa shape index (κ3) is 3.59. The Morgan fingerprint density at radius 2 is 1.67 bits per heavy atom. The van der Waals surface area contributed by atoms with Gasteiger partial charge in [-0.2, -0.15) is 0 Å². The van der Waals surface area contributed by atoms with Crippen LogP contribution in [0, 0.1) is 0 Å². The van der Waals surface area contributed by atoms with E-state index < -0.39 is 23.3 Å². The second-order valence-corrected chi connectivity index (χ2v) is 6.17. The van der Waals surface area contributed by atoms with Gasteiger partial charge in [-0.1, -0.05) is 32.0 Å². The van der Waals surface area contributed by atoms with Gasteiger partial charge in [-0.25, -0.2) is 9.59 Å². The molecule has 0 radical (unpaired) electrons. The van der Waals surface area contributed by atoms with E-state index in [0.29, 0.717) is 24.1 Å². The average Bonchev–Trinajstić information content (AvgIpc) is 2.52. The molecule has 1 aliphatic rings. The summed E-state index contributed by atoms with van der Waals surface area (Å²) in [4.78, 5) is 23.9. The molecule has 0 aromatic heterocycles. The van der Waals surface area contributed by atoms with Crippen molar-refractivity contribution in [1.29, 1.82) is 0 Å². The molecule has 0 bridgehead atoms. The first-order valence-electron chi connectivity index (χ1n) is 7.97. The second-order valence-electron chi connectivity index (χ2n) is 6.17. The number of esters is 2. The zero-order valence-corrected chi connectivity index (χ0v) is 14.4. The van der Waals surface area contributed by atoms with Crippen molar-refractivity contribution in [3.05, 3.63) is 41.6 Å². The van der Waals surface area contributed by atoms with Gasteiger partial charge in [0.05, 0.1) is 5.60 Å². The van der Waals surface area contributed by atoms with Crippen molar-refractivity contribution in [2.24, 2.45) is 0 Å². The number of hydrogen-bond acceptors (Lipinski definition) is 6. The molecule has 0 spiro atoms. The Balaban J connectivity index is 2.30. The lowest BCUT2D eigenvalue weighted by atomic mass is 9.87. The molecule has 6 nitrogen and oxygen atoms in total. The van der Waals surface area contributed by atoms with Crippen LogP contribution in [0.5, 0.6) is 0 Å². The van der Waals surface area contributed by atoms with Gasteiger partial charge >= 0.3 is 11.9 Å². The van der Waals surface area contributed by atoms with Crippen LogP contribution in [-0.4, -0.2) is 22.8 Å². The van der Waals surface area contributed by atoms with Gasteiger partial charge in [-0.3, -0.25) is 0 Å². The molecule has 2 rings (SSSR count). The normalized spacial score (nSPS) is 17.1. The summed E-state index contributed by atoms with van der Waals surface area (Å²) in [6, 6.07) is 7.22. The van der Waals surface area contributed by atoms with Crippen LogP contribution in [0.15, 0.2) is 36.0 Å². The Hall–Kier alpha value is -2.34. The Bertz CT molecular complexity index is 652. The van der Waals surface area contributed by atoms with Crippen LogP contribution in [0.25, 0.3) is 0 Å². The number of rotatable bonds is 5. The molecule has 0 aliphatic carbocycles. The molecular formula is C18H23NO5. The lowest BCUT2D eigenvalue weighted by Crippen LogP contribution is -2.42. The van der Waals surface area contributed by atoms with Crippen LogP contribution in [0.1, 0.15) is 46.1 Å². The number of aliphatic hydroxyl groups is 1. The van der Waals surface area contributed by atoms with Crippen molar-refractivity contribution in [3.8, 4) is 0 Å². The smallest absolute Gasteiger partial charge is 0.350 e. The highest BCUT2D eigenvalue weighted by Gasteiger charge is 2.39. The number of para-hydroxylation sites is 1. The largest absolute Gasteiger partial charge is 0.419 e. The van der Waals surface area contributed by atoms with Crippen molar-refractivity contribution in [2.75, 3.05) is 5.32 Å². The first-order valence-corrected chi connectivity index (χ1v) is 7.97. The van der Waals surface area contributed by atoms with Gasteiger partial charge in [0.25, 0.3) is 5.79 Å². The zero-order valence-electron chi connectivity index (χ0n) is 14.4. The lowest BCUT2D eigenvalue weighted by Gasteiger charge is -2.30. The van der Waals surface area contributed by atoms with Gasteiger partial charge in [0.2, 0.25) is 0 Å². The molecule has 0 unspecified atom stereocenters. The molecule has 1 aliphatic heterocycles.